The molecule has 1 saturated heterocycles. The van der Waals surface area contributed by atoms with E-state index in [2.05, 4.69) is 4.74 Å². The quantitative estimate of drug-likeness (QED) is 0.500. The smallest absolute Gasteiger partial charge is 0.416 e. The van der Waals surface area contributed by atoms with Gasteiger partial charge in [0, 0.05) is 37.8 Å². The molecule has 1 aliphatic heterocycles. The molecule has 5 nitrogen and oxygen atoms in total. The normalized spacial score (nSPS) is 14.8. The van der Waals surface area contributed by atoms with Gasteiger partial charge in [0.2, 0.25) is 5.91 Å². The fraction of sp³-hybridized carbons (Fsp3) is 0.273. The van der Waals surface area contributed by atoms with Gasteiger partial charge >= 0.3 is 12.8 Å². The summed E-state index contributed by atoms with van der Waals surface area (Å²) in [6.07, 6.45) is -1.59. The lowest BCUT2D eigenvalue weighted by Gasteiger charge is -2.34. The monoisotopic (exact) mass is 454 g/mol. The van der Waals surface area contributed by atoms with Crippen molar-refractivity contribution in [2.45, 2.75) is 12.8 Å². The molecule has 0 bridgehead atoms. The SMILES string of the molecule is O=C(/C=C/c1ccc(OC(F)F)cc1)N1CCN(C(=O)c2ccc(C(F)(F)F)cc2)CC1. The summed E-state index contributed by atoms with van der Waals surface area (Å²) in [5.41, 5.74) is -0.0551. The number of hydrogen-bond acceptors (Lipinski definition) is 3. The van der Waals surface area contributed by atoms with Crippen LogP contribution in [-0.2, 0) is 11.0 Å². The molecule has 0 N–H and O–H groups in total. The Morgan fingerprint density at radius 3 is 1.97 bits per heavy atom. The molecule has 0 unspecified atom stereocenters. The second-order valence-corrected chi connectivity index (χ2v) is 6.97. The standard InChI is InChI=1S/C22H19F5N2O3/c23-21(24)32-18-8-1-15(2-9-18)3-10-19(30)28-11-13-29(14-12-28)20(31)16-4-6-17(7-5-16)22(25,26)27/h1-10,21H,11-14H2/b10-3+. The van der Waals surface area contributed by atoms with Crippen LogP contribution in [0.2, 0.25) is 0 Å². The van der Waals surface area contributed by atoms with Gasteiger partial charge in [0.05, 0.1) is 5.56 Å². The van der Waals surface area contributed by atoms with Gasteiger partial charge in [-0.1, -0.05) is 12.1 Å². The molecule has 0 atom stereocenters. The molecule has 0 saturated carbocycles. The van der Waals surface area contributed by atoms with E-state index in [9.17, 15) is 31.5 Å². The molecule has 2 amide bonds. The maximum Gasteiger partial charge on any atom is 0.416 e. The molecule has 1 heterocycles. The van der Waals surface area contributed by atoms with Crippen molar-refractivity contribution < 1.29 is 36.3 Å². The molecule has 10 heteroatoms. The first-order valence-corrected chi connectivity index (χ1v) is 9.62. The van der Waals surface area contributed by atoms with E-state index in [1.165, 1.54) is 41.3 Å². The Kier molecular flexibility index (Phi) is 7.12. The Bertz CT molecular complexity index is 965. The van der Waals surface area contributed by atoms with Crippen LogP contribution in [-0.4, -0.2) is 54.4 Å². The van der Waals surface area contributed by atoms with E-state index in [-0.39, 0.29) is 43.4 Å². The summed E-state index contributed by atoms with van der Waals surface area (Å²) in [4.78, 5) is 27.9. The van der Waals surface area contributed by atoms with Crippen molar-refractivity contribution in [1.29, 1.82) is 0 Å². The summed E-state index contributed by atoms with van der Waals surface area (Å²) in [5, 5.41) is 0. The summed E-state index contributed by atoms with van der Waals surface area (Å²) >= 11 is 0. The van der Waals surface area contributed by atoms with Crippen LogP contribution < -0.4 is 4.74 Å². The van der Waals surface area contributed by atoms with Crippen LogP contribution in [0.4, 0.5) is 22.0 Å². The van der Waals surface area contributed by atoms with Gasteiger partial charge in [0.15, 0.2) is 0 Å². The molecule has 32 heavy (non-hydrogen) atoms. The molecule has 0 radical (unpaired) electrons. The first kappa shape index (κ1) is 23.2. The Labute approximate surface area is 180 Å². The van der Waals surface area contributed by atoms with Gasteiger partial charge in [-0.25, -0.2) is 0 Å². The van der Waals surface area contributed by atoms with E-state index in [1.807, 2.05) is 0 Å². The summed E-state index contributed by atoms with van der Waals surface area (Å²) in [6.45, 7) is -1.87. The van der Waals surface area contributed by atoms with E-state index in [0.717, 1.165) is 24.3 Å². The van der Waals surface area contributed by atoms with E-state index in [0.29, 0.717) is 5.56 Å². The Balaban J connectivity index is 1.52. The van der Waals surface area contributed by atoms with Crippen molar-refractivity contribution >= 4 is 17.9 Å². The zero-order chi connectivity index (χ0) is 23.3. The fourth-order valence-electron chi connectivity index (χ4n) is 3.15. The number of hydrogen-bond donors (Lipinski definition) is 0. The van der Waals surface area contributed by atoms with Gasteiger partial charge in [-0.3, -0.25) is 9.59 Å². The van der Waals surface area contributed by atoms with Gasteiger partial charge in [0.1, 0.15) is 5.75 Å². The van der Waals surface area contributed by atoms with Crippen LogP contribution in [0.3, 0.4) is 0 Å². The average molecular weight is 454 g/mol. The molecule has 1 aliphatic rings. The van der Waals surface area contributed by atoms with Gasteiger partial charge in [-0.2, -0.15) is 22.0 Å². The lowest BCUT2D eigenvalue weighted by atomic mass is 10.1. The van der Waals surface area contributed by atoms with Crippen molar-refractivity contribution in [3.05, 3.63) is 71.3 Å². The molecule has 170 valence electrons. The van der Waals surface area contributed by atoms with Gasteiger partial charge in [-0.15, -0.1) is 0 Å². The first-order valence-electron chi connectivity index (χ1n) is 9.62. The number of piperazine rings is 1. The fourth-order valence-corrected chi connectivity index (χ4v) is 3.15. The Hall–Kier alpha value is -3.43. The van der Waals surface area contributed by atoms with Crippen LogP contribution in [0.15, 0.2) is 54.6 Å². The third-order valence-corrected chi connectivity index (χ3v) is 4.86. The van der Waals surface area contributed by atoms with E-state index in [1.54, 1.807) is 4.90 Å². The van der Waals surface area contributed by atoms with Crippen LogP contribution in [0.25, 0.3) is 6.08 Å². The molecule has 0 aromatic heterocycles. The number of ether oxygens (including phenoxy) is 1. The number of carbonyl (C=O) groups excluding carboxylic acids is 2. The van der Waals surface area contributed by atoms with Crippen molar-refractivity contribution in [1.82, 2.24) is 9.80 Å². The highest BCUT2D eigenvalue weighted by Crippen LogP contribution is 2.29. The second kappa shape index (κ2) is 9.80. The molecule has 1 fully saturated rings. The summed E-state index contributed by atoms with van der Waals surface area (Å²) in [6, 6.07) is 9.80. The molecule has 0 aliphatic carbocycles. The summed E-state index contributed by atoms with van der Waals surface area (Å²) < 4.78 is 66.6. The minimum Gasteiger partial charge on any atom is -0.435 e. The zero-order valence-corrected chi connectivity index (χ0v) is 16.7. The van der Waals surface area contributed by atoms with Crippen LogP contribution in [0.1, 0.15) is 21.5 Å². The average Bonchev–Trinajstić information content (AvgIpc) is 2.77. The molecule has 3 rings (SSSR count). The van der Waals surface area contributed by atoms with Gasteiger partial charge in [0.25, 0.3) is 5.91 Å². The van der Waals surface area contributed by atoms with Crippen molar-refractivity contribution in [2.75, 3.05) is 26.2 Å². The number of nitrogens with zero attached hydrogens (tertiary/aromatic N) is 2. The highest BCUT2D eigenvalue weighted by molar-refractivity contribution is 5.95. The largest absolute Gasteiger partial charge is 0.435 e. The van der Waals surface area contributed by atoms with Gasteiger partial charge < -0.3 is 14.5 Å². The highest BCUT2D eigenvalue weighted by Gasteiger charge is 2.31. The lowest BCUT2D eigenvalue weighted by molar-refractivity contribution is -0.137. The Morgan fingerprint density at radius 1 is 0.875 bits per heavy atom. The number of amides is 2. The van der Waals surface area contributed by atoms with E-state index >= 15 is 0 Å². The minimum absolute atomic E-state index is 0.0114. The van der Waals surface area contributed by atoms with Crippen molar-refractivity contribution in [3.63, 3.8) is 0 Å². The molecular formula is C22H19F5N2O3. The molecule has 2 aromatic rings. The lowest BCUT2D eigenvalue weighted by Crippen LogP contribution is -2.50. The van der Waals surface area contributed by atoms with Crippen LogP contribution in [0, 0.1) is 0 Å². The number of rotatable bonds is 5. The zero-order valence-electron chi connectivity index (χ0n) is 16.7. The van der Waals surface area contributed by atoms with E-state index in [4.69, 9.17) is 0 Å². The predicted molar refractivity (Wildman–Crippen MR) is 106 cm³/mol. The molecule has 0 spiro atoms. The van der Waals surface area contributed by atoms with Crippen molar-refractivity contribution in [2.24, 2.45) is 0 Å². The third-order valence-electron chi connectivity index (χ3n) is 4.86. The number of carbonyl (C=O) groups is 2. The van der Waals surface area contributed by atoms with Crippen LogP contribution in [0.5, 0.6) is 5.75 Å². The van der Waals surface area contributed by atoms with Crippen LogP contribution >= 0.6 is 0 Å². The van der Waals surface area contributed by atoms with E-state index < -0.39 is 24.3 Å². The van der Waals surface area contributed by atoms with Gasteiger partial charge in [-0.05, 0) is 48.0 Å². The molecule has 2 aromatic carbocycles. The maximum atomic E-state index is 12.7. The summed E-state index contributed by atoms with van der Waals surface area (Å²) in [7, 11) is 0. The molecular weight excluding hydrogens is 435 g/mol. The summed E-state index contributed by atoms with van der Waals surface area (Å²) in [5.74, 6) is -0.663. The minimum atomic E-state index is -4.47. The first-order chi connectivity index (χ1) is 15.1. The number of alkyl halides is 5. The van der Waals surface area contributed by atoms with Crippen molar-refractivity contribution in [3.8, 4) is 5.75 Å². The predicted octanol–water partition coefficient (Wildman–Crippen LogP) is 4.30. The Morgan fingerprint density at radius 2 is 1.44 bits per heavy atom. The second-order valence-electron chi connectivity index (χ2n) is 6.97. The number of halogens is 5. The maximum absolute atomic E-state index is 12.7. The highest BCUT2D eigenvalue weighted by atomic mass is 19.4. The number of benzene rings is 2. The third kappa shape index (κ3) is 6.05. The topological polar surface area (TPSA) is 49.9 Å².